The molecule has 0 spiro atoms. The molecule has 0 saturated heterocycles. The van der Waals surface area contributed by atoms with Crippen LogP contribution in [0.4, 0.5) is 5.82 Å². The fraction of sp³-hybridized carbons (Fsp3) is 0.190. The van der Waals surface area contributed by atoms with E-state index < -0.39 is 0 Å². The van der Waals surface area contributed by atoms with Gasteiger partial charge >= 0.3 is 0 Å². The molecule has 2 aromatic heterocycles. The Labute approximate surface area is 158 Å². The molecule has 1 aromatic carbocycles. The molecule has 0 aliphatic rings. The summed E-state index contributed by atoms with van der Waals surface area (Å²) in [6.45, 7) is 4.33. The Morgan fingerprint density at radius 3 is 2.81 bits per heavy atom. The second-order valence-electron chi connectivity index (χ2n) is 6.07. The summed E-state index contributed by atoms with van der Waals surface area (Å²) < 4.78 is 11.1. The second kappa shape index (κ2) is 8.80. The average molecular weight is 362 g/mol. The number of allylic oxidation sites excluding steroid dienone is 1. The number of ether oxygens (including phenoxy) is 1. The van der Waals surface area contributed by atoms with Crippen molar-refractivity contribution < 1.29 is 9.26 Å². The molecule has 0 aliphatic heterocycles. The van der Waals surface area contributed by atoms with Crippen molar-refractivity contribution in [2.24, 2.45) is 4.99 Å². The summed E-state index contributed by atoms with van der Waals surface area (Å²) >= 11 is 0. The van der Waals surface area contributed by atoms with Crippen molar-refractivity contribution in [2.45, 2.75) is 20.3 Å². The lowest BCUT2D eigenvalue weighted by atomic mass is 10.1. The third kappa shape index (κ3) is 5.04. The fourth-order valence-electron chi connectivity index (χ4n) is 2.49. The van der Waals surface area contributed by atoms with Gasteiger partial charge in [0.05, 0.1) is 17.0 Å². The Morgan fingerprint density at radius 2 is 2.07 bits per heavy atom. The highest BCUT2D eigenvalue weighted by Gasteiger charge is 2.10. The summed E-state index contributed by atoms with van der Waals surface area (Å²) in [7, 11) is 0. The molecular formula is C21H22N4O2. The van der Waals surface area contributed by atoms with Crippen molar-refractivity contribution in [3.63, 3.8) is 0 Å². The first-order valence-corrected chi connectivity index (χ1v) is 8.68. The van der Waals surface area contributed by atoms with E-state index >= 15 is 0 Å². The molecule has 6 nitrogen and oxygen atoms in total. The van der Waals surface area contributed by atoms with Crippen LogP contribution in [0.3, 0.4) is 0 Å². The van der Waals surface area contributed by atoms with Crippen LogP contribution < -0.4 is 10.5 Å². The van der Waals surface area contributed by atoms with E-state index in [9.17, 15) is 0 Å². The molecule has 0 amide bonds. The number of anilines is 1. The average Bonchev–Trinajstić information content (AvgIpc) is 3.14. The number of benzene rings is 1. The summed E-state index contributed by atoms with van der Waals surface area (Å²) in [5.41, 5.74) is 9.49. The van der Waals surface area contributed by atoms with Crippen molar-refractivity contribution in [2.75, 3.05) is 12.3 Å². The second-order valence-corrected chi connectivity index (χ2v) is 6.07. The molecule has 3 rings (SSSR count). The van der Waals surface area contributed by atoms with Gasteiger partial charge in [0.1, 0.15) is 18.2 Å². The SMILES string of the molecule is C/C=C\N=C(C)COc1ccc(Cc2cc(-c3cccnc3N)on2)cc1. The molecule has 0 saturated carbocycles. The van der Waals surface area contributed by atoms with Crippen molar-refractivity contribution >= 4 is 11.5 Å². The molecule has 0 fully saturated rings. The number of aromatic nitrogens is 2. The zero-order valence-corrected chi connectivity index (χ0v) is 15.4. The van der Waals surface area contributed by atoms with E-state index in [-0.39, 0.29) is 0 Å². The minimum atomic E-state index is 0.426. The maximum Gasteiger partial charge on any atom is 0.170 e. The highest BCUT2D eigenvalue weighted by Crippen LogP contribution is 2.25. The van der Waals surface area contributed by atoms with Crippen LogP contribution in [0.2, 0.25) is 0 Å². The van der Waals surface area contributed by atoms with Gasteiger partial charge in [-0.05, 0) is 43.7 Å². The van der Waals surface area contributed by atoms with E-state index in [2.05, 4.69) is 15.1 Å². The van der Waals surface area contributed by atoms with Gasteiger partial charge in [-0.15, -0.1) is 0 Å². The van der Waals surface area contributed by atoms with Gasteiger partial charge in [0.25, 0.3) is 0 Å². The first kappa shape index (κ1) is 18.4. The van der Waals surface area contributed by atoms with Crippen molar-refractivity contribution in [3.05, 3.63) is 72.2 Å². The number of nitrogen functional groups attached to an aromatic ring is 1. The first-order valence-electron chi connectivity index (χ1n) is 8.68. The molecule has 0 aliphatic carbocycles. The topological polar surface area (TPSA) is 86.5 Å². The normalized spacial score (nSPS) is 11.9. The molecule has 0 unspecified atom stereocenters. The van der Waals surface area contributed by atoms with Crippen LogP contribution in [0.5, 0.6) is 5.75 Å². The van der Waals surface area contributed by atoms with Gasteiger partial charge in [-0.3, -0.25) is 4.99 Å². The molecule has 2 N–H and O–H groups in total. The van der Waals surface area contributed by atoms with Gasteiger partial charge in [-0.1, -0.05) is 23.4 Å². The molecular weight excluding hydrogens is 340 g/mol. The van der Waals surface area contributed by atoms with Crippen molar-refractivity contribution in [1.29, 1.82) is 0 Å². The zero-order chi connectivity index (χ0) is 19.1. The van der Waals surface area contributed by atoms with Gasteiger partial charge < -0.3 is 15.0 Å². The number of nitrogens with zero attached hydrogens (tertiary/aromatic N) is 3. The van der Waals surface area contributed by atoms with Crippen molar-refractivity contribution in [1.82, 2.24) is 10.1 Å². The standard InChI is InChI=1S/C21H22N4O2/c1-3-10-23-15(2)14-26-18-8-6-16(7-9-18)12-17-13-20(27-25-17)19-5-4-11-24-21(19)22/h3-11,13H,12,14H2,1-2H3,(H2,22,24)/b10-3-,23-15?. The van der Waals surface area contributed by atoms with E-state index in [1.807, 2.05) is 62.4 Å². The van der Waals surface area contributed by atoms with Gasteiger partial charge in [0.15, 0.2) is 5.76 Å². The number of rotatable bonds is 7. The third-order valence-electron chi connectivity index (χ3n) is 3.86. The van der Waals surface area contributed by atoms with Crippen LogP contribution in [0, 0.1) is 0 Å². The van der Waals surface area contributed by atoms with Crippen LogP contribution in [0.25, 0.3) is 11.3 Å². The van der Waals surface area contributed by atoms with Crippen LogP contribution >= 0.6 is 0 Å². The lowest BCUT2D eigenvalue weighted by molar-refractivity contribution is 0.376. The smallest absolute Gasteiger partial charge is 0.170 e. The largest absolute Gasteiger partial charge is 0.488 e. The third-order valence-corrected chi connectivity index (χ3v) is 3.86. The molecule has 6 heteroatoms. The highest BCUT2D eigenvalue weighted by molar-refractivity contribution is 5.83. The summed E-state index contributed by atoms with van der Waals surface area (Å²) in [6, 6.07) is 13.5. The number of nitrogens with two attached hydrogens (primary N) is 1. The summed E-state index contributed by atoms with van der Waals surface area (Å²) in [5.74, 6) is 1.85. The van der Waals surface area contributed by atoms with Crippen LogP contribution in [-0.4, -0.2) is 22.5 Å². The summed E-state index contributed by atoms with van der Waals surface area (Å²) in [4.78, 5) is 8.31. The minimum Gasteiger partial charge on any atom is -0.488 e. The van der Waals surface area contributed by atoms with E-state index in [1.54, 1.807) is 12.4 Å². The molecule has 0 atom stereocenters. The quantitative estimate of drug-likeness (QED) is 0.634. The Morgan fingerprint density at radius 1 is 1.26 bits per heavy atom. The van der Waals surface area contributed by atoms with Gasteiger partial charge in [0, 0.05) is 24.9 Å². The zero-order valence-electron chi connectivity index (χ0n) is 15.4. The van der Waals surface area contributed by atoms with E-state index in [0.29, 0.717) is 24.6 Å². The van der Waals surface area contributed by atoms with Crippen molar-refractivity contribution in [3.8, 4) is 17.1 Å². The number of aliphatic imine (C=N–C) groups is 1. The lowest BCUT2D eigenvalue weighted by Crippen LogP contribution is -2.07. The van der Waals surface area contributed by atoms with Crippen LogP contribution in [-0.2, 0) is 6.42 Å². The minimum absolute atomic E-state index is 0.426. The fourth-order valence-corrected chi connectivity index (χ4v) is 2.49. The Kier molecular flexibility index (Phi) is 5.99. The monoisotopic (exact) mass is 362 g/mol. The number of hydrogen-bond donors (Lipinski definition) is 1. The number of pyridine rings is 1. The predicted octanol–water partition coefficient (Wildman–Crippen LogP) is 4.28. The molecule has 3 aromatic rings. The Hall–Kier alpha value is -3.41. The Bertz CT molecular complexity index is 943. The molecule has 27 heavy (non-hydrogen) atoms. The van der Waals surface area contributed by atoms with Gasteiger partial charge in [-0.25, -0.2) is 4.98 Å². The van der Waals surface area contributed by atoms with Gasteiger partial charge in [0.2, 0.25) is 0 Å². The molecule has 0 bridgehead atoms. The van der Waals surface area contributed by atoms with E-state index in [4.69, 9.17) is 15.0 Å². The van der Waals surface area contributed by atoms with Crippen LogP contribution in [0.15, 0.2) is 70.5 Å². The maximum atomic E-state index is 5.88. The molecule has 2 heterocycles. The summed E-state index contributed by atoms with van der Waals surface area (Å²) in [5, 5.41) is 4.13. The molecule has 0 radical (unpaired) electrons. The lowest BCUT2D eigenvalue weighted by Gasteiger charge is -2.06. The van der Waals surface area contributed by atoms with Crippen LogP contribution in [0.1, 0.15) is 25.1 Å². The number of hydrogen-bond acceptors (Lipinski definition) is 6. The molecule has 138 valence electrons. The maximum absolute atomic E-state index is 5.88. The van der Waals surface area contributed by atoms with Gasteiger partial charge in [-0.2, -0.15) is 0 Å². The van der Waals surface area contributed by atoms with E-state index in [0.717, 1.165) is 28.3 Å². The summed E-state index contributed by atoms with van der Waals surface area (Å²) in [6.07, 6.45) is 5.95. The van der Waals surface area contributed by atoms with E-state index in [1.165, 1.54) is 0 Å². The predicted molar refractivity (Wildman–Crippen MR) is 107 cm³/mol. The highest BCUT2D eigenvalue weighted by atomic mass is 16.5. The Balaban J connectivity index is 1.61. The first-order chi connectivity index (χ1) is 13.2.